The summed E-state index contributed by atoms with van der Waals surface area (Å²) in [5.41, 5.74) is 6.37. The van der Waals surface area contributed by atoms with Gasteiger partial charge in [-0.05, 0) is 59.1 Å². The van der Waals surface area contributed by atoms with Crippen molar-refractivity contribution in [1.29, 1.82) is 0 Å². The molecule has 1 heterocycles. The minimum Gasteiger partial charge on any atom is -0.368 e. The summed E-state index contributed by atoms with van der Waals surface area (Å²) in [6, 6.07) is 9.00. The summed E-state index contributed by atoms with van der Waals surface area (Å²) in [5.74, 6) is -0.105. The summed E-state index contributed by atoms with van der Waals surface area (Å²) in [5, 5.41) is 9.20. The van der Waals surface area contributed by atoms with E-state index in [0.29, 0.717) is 5.56 Å². The molecule has 0 spiro atoms. The largest absolute Gasteiger partial charge is 0.368 e. The number of carbonyl (C=O) groups excluding carboxylic acids is 1. The van der Waals surface area contributed by atoms with Crippen molar-refractivity contribution in [2.45, 2.75) is 58.0 Å². The highest BCUT2D eigenvalue weighted by Crippen LogP contribution is 2.38. The average Bonchev–Trinajstić information content (AvgIpc) is 2.43. The highest BCUT2D eigenvalue weighted by Gasteiger charge is 2.41. The van der Waals surface area contributed by atoms with E-state index in [0.717, 1.165) is 12.8 Å². The maximum atomic E-state index is 12.1. The Morgan fingerprint density at radius 3 is 2.23 bits per heavy atom. The second-order valence-electron chi connectivity index (χ2n) is 7.10. The number of hydrogen-bond acceptors (Lipinski definition) is 3. The lowest BCUT2D eigenvalue weighted by Gasteiger charge is -2.51. The maximum Gasteiger partial charge on any atom is 0.257 e. The molecule has 0 atom stereocenters. The maximum absolute atomic E-state index is 12.1. The van der Waals surface area contributed by atoms with E-state index in [9.17, 15) is 4.79 Å². The van der Waals surface area contributed by atoms with E-state index in [-0.39, 0.29) is 22.9 Å². The highest BCUT2D eigenvalue weighted by atomic mass is 16.1. The van der Waals surface area contributed by atoms with E-state index in [2.05, 4.69) is 38.1 Å². The predicted octanol–water partition coefficient (Wildman–Crippen LogP) is 2.69. The Bertz CT molecular complexity index is 547. The van der Waals surface area contributed by atoms with Gasteiger partial charge in [0.05, 0.1) is 11.1 Å². The lowest BCUT2D eigenvalue weighted by atomic mass is 9.82. The van der Waals surface area contributed by atoms with Crippen LogP contribution < -0.4 is 11.1 Å². The van der Waals surface area contributed by atoms with Crippen molar-refractivity contribution >= 4 is 11.9 Å². The predicted molar refractivity (Wildman–Crippen MR) is 89.4 cm³/mol. The van der Waals surface area contributed by atoms with Gasteiger partial charge in [-0.1, -0.05) is 18.2 Å². The summed E-state index contributed by atoms with van der Waals surface area (Å²) in [7, 11) is 0. The third-order valence-corrected chi connectivity index (χ3v) is 4.21. The number of hydrogen-bond donors (Lipinski definition) is 2. The third kappa shape index (κ3) is 3.59. The molecule has 1 amide bonds. The minimum atomic E-state index is -0.241. The molecular formula is C17H26N4O. The number of nitrogens with zero attached hydrogens (tertiary/aromatic N) is 2. The van der Waals surface area contributed by atoms with Gasteiger partial charge in [-0.3, -0.25) is 15.1 Å². The molecule has 120 valence electrons. The number of nitrogens with one attached hydrogen (secondary N) is 1. The van der Waals surface area contributed by atoms with Crippen LogP contribution in [0.15, 0.2) is 35.4 Å². The van der Waals surface area contributed by atoms with Crippen molar-refractivity contribution in [2.24, 2.45) is 10.8 Å². The van der Waals surface area contributed by atoms with Gasteiger partial charge in [0.25, 0.3) is 5.91 Å². The van der Waals surface area contributed by atoms with E-state index in [1.165, 1.54) is 6.42 Å². The van der Waals surface area contributed by atoms with E-state index >= 15 is 0 Å². The average molecular weight is 302 g/mol. The van der Waals surface area contributed by atoms with Gasteiger partial charge >= 0.3 is 0 Å². The molecule has 1 aliphatic rings. The molecule has 0 aromatic heterocycles. The molecule has 2 rings (SSSR count). The molecule has 1 saturated heterocycles. The number of hydrazone groups is 1. The van der Waals surface area contributed by atoms with Gasteiger partial charge in [0.1, 0.15) is 0 Å². The van der Waals surface area contributed by atoms with Crippen LogP contribution in [0, 0.1) is 0 Å². The number of benzene rings is 1. The van der Waals surface area contributed by atoms with Crippen LogP contribution >= 0.6 is 0 Å². The number of piperidine rings is 1. The Balaban J connectivity index is 2.15. The van der Waals surface area contributed by atoms with Crippen LogP contribution in [0.3, 0.4) is 0 Å². The Morgan fingerprint density at radius 1 is 1.14 bits per heavy atom. The Hall–Kier alpha value is -2.04. The van der Waals surface area contributed by atoms with Crippen LogP contribution in [0.25, 0.3) is 0 Å². The molecular weight excluding hydrogens is 276 g/mol. The monoisotopic (exact) mass is 302 g/mol. The fraction of sp³-hybridized carbons (Fsp3) is 0.529. The van der Waals surface area contributed by atoms with Crippen LogP contribution in [0.5, 0.6) is 0 Å². The molecule has 1 aromatic rings. The van der Waals surface area contributed by atoms with Gasteiger partial charge < -0.3 is 5.73 Å². The SMILES string of the molecule is CC1(C)CCCC(C)(C)N1N=C(N)NC(=O)c1ccccc1. The second kappa shape index (κ2) is 5.99. The number of rotatable bonds is 2. The van der Waals surface area contributed by atoms with E-state index in [1.807, 2.05) is 23.2 Å². The number of guanidine groups is 1. The Kier molecular flexibility index (Phi) is 4.44. The molecule has 0 saturated carbocycles. The molecule has 22 heavy (non-hydrogen) atoms. The van der Waals surface area contributed by atoms with Crippen molar-refractivity contribution in [1.82, 2.24) is 10.3 Å². The lowest BCUT2D eigenvalue weighted by Crippen LogP contribution is -2.57. The summed E-state index contributed by atoms with van der Waals surface area (Å²) < 4.78 is 0. The zero-order valence-corrected chi connectivity index (χ0v) is 13.9. The van der Waals surface area contributed by atoms with Gasteiger partial charge in [0, 0.05) is 5.56 Å². The number of amides is 1. The molecule has 0 aliphatic carbocycles. The van der Waals surface area contributed by atoms with Crippen molar-refractivity contribution in [2.75, 3.05) is 0 Å². The van der Waals surface area contributed by atoms with E-state index in [4.69, 9.17) is 5.73 Å². The van der Waals surface area contributed by atoms with Crippen molar-refractivity contribution in [3.05, 3.63) is 35.9 Å². The summed E-state index contributed by atoms with van der Waals surface area (Å²) in [6.07, 6.45) is 3.28. The quantitative estimate of drug-likeness (QED) is 0.652. The van der Waals surface area contributed by atoms with Gasteiger partial charge in [-0.15, -0.1) is 5.10 Å². The minimum absolute atomic E-state index is 0.0795. The molecule has 5 nitrogen and oxygen atoms in total. The van der Waals surface area contributed by atoms with Gasteiger partial charge in [0.2, 0.25) is 5.96 Å². The molecule has 1 aliphatic heterocycles. The van der Waals surface area contributed by atoms with Crippen molar-refractivity contribution in [3.8, 4) is 0 Å². The summed E-state index contributed by atoms with van der Waals surface area (Å²) >= 11 is 0. The summed E-state index contributed by atoms with van der Waals surface area (Å²) in [6.45, 7) is 8.63. The standard InChI is InChI=1S/C17H26N4O/c1-16(2)11-8-12-17(3,4)21(16)20-15(18)19-14(22)13-9-6-5-7-10-13/h5-7,9-10H,8,11-12H2,1-4H3,(H3,18,19,20,22). The van der Waals surface area contributed by atoms with E-state index < -0.39 is 0 Å². The molecule has 0 bridgehead atoms. The van der Waals surface area contributed by atoms with Crippen molar-refractivity contribution < 1.29 is 4.79 Å². The van der Waals surface area contributed by atoms with Gasteiger partial charge in [-0.25, -0.2) is 0 Å². The first-order valence-electron chi connectivity index (χ1n) is 7.73. The van der Waals surface area contributed by atoms with Crippen LogP contribution in [0.2, 0.25) is 0 Å². The van der Waals surface area contributed by atoms with Crippen LogP contribution in [0.4, 0.5) is 0 Å². The van der Waals surface area contributed by atoms with E-state index in [1.54, 1.807) is 12.1 Å². The van der Waals surface area contributed by atoms with Crippen LogP contribution in [0.1, 0.15) is 57.3 Å². The first kappa shape index (κ1) is 16.3. The first-order chi connectivity index (χ1) is 10.2. The van der Waals surface area contributed by atoms with Crippen molar-refractivity contribution in [3.63, 3.8) is 0 Å². The highest BCUT2D eigenvalue weighted by molar-refractivity contribution is 6.05. The van der Waals surface area contributed by atoms with Crippen LogP contribution in [-0.4, -0.2) is 28.0 Å². The van der Waals surface area contributed by atoms with Gasteiger partial charge in [0.15, 0.2) is 0 Å². The number of carbonyl (C=O) groups is 1. The molecule has 0 radical (unpaired) electrons. The molecule has 1 fully saturated rings. The second-order valence-corrected chi connectivity index (χ2v) is 7.10. The molecule has 3 N–H and O–H groups in total. The summed E-state index contributed by atoms with van der Waals surface area (Å²) in [4.78, 5) is 12.1. The smallest absolute Gasteiger partial charge is 0.257 e. The first-order valence-corrected chi connectivity index (χ1v) is 7.73. The van der Waals surface area contributed by atoms with Crippen LogP contribution in [-0.2, 0) is 0 Å². The normalized spacial score (nSPS) is 20.5. The topological polar surface area (TPSA) is 70.7 Å². The lowest BCUT2D eigenvalue weighted by molar-refractivity contribution is -0.0251. The molecule has 5 heteroatoms. The zero-order chi connectivity index (χ0) is 16.4. The fourth-order valence-electron chi connectivity index (χ4n) is 3.17. The molecule has 0 unspecified atom stereocenters. The number of nitrogens with two attached hydrogens (primary N) is 1. The van der Waals surface area contributed by atoms with Gasteiger partial charge in [-0.2, -0.15) is 0 Å². The Labute approximate surface area is 132 Å². The third-order valence-electron chi connectivity index (χ3n) is 4.21. The Morgan fingerprint density at radius 2 is 1.68 bits per heavy atom. The zero-order valence-electron chi connectivity index (χ0n) is 13.9. The molecule has 1 aromatic carbocycles. The fourth-order valence-corrected chi connectivity index (χ4v) is 3.17.